The molecule has 2 aromatic heterocycles. The van der Waals surface area contributed by atoms with Crippen LogP contribution < -0.4 is 4.74 Å². The maximum Gasteiger partial charge on any atom is 0.273 e. The fraction of sp³-hybridized carbons (Fsp3) is 0.400. The molecule has 1 fully saturated rings. The predicted molar refractivity (Wildman–Crippen MR) is 135 cm³/mol. The van der Waals surface area contributed by atoms with Crippen LogP contribution in [0.2, 0.25) is 0 Å². The van der Waals surface area contributed by atoms with E-state index in [1.54, 1.807) is 11.8 Å². The highest BCUT2D eigenvalue weighted by molar-refractivity contribution is 8.00. The number of thioether (sulfide) groups is 1. The lowest BCUT2D eigenvalue weighted by Gasteiger charge is -2.34. The number of pyridine rings is 1. The first-order chi connectivity index (χ1) is 16.7. The van der Waals surface area contributed by atoms with Crippen molar-refractivity contribution in [3.05, 3.63) is 70.5 Å². The van der Waals surface area contributed by atoms with E-state index >= 15 is 0 Å². The van der Waals surface area contributed by atoms with Gasteiger partial charge < -0.3 is 9.64 Å². The van der Waals surface area contributed by atoms with E-state index in [0.29, 0.717) is 25.4 Å². The van der Waals surface area contributed by atoms with Crippen molar-refractivity contribution in [1.82, 2.24) is 24.7 Å². The Morgan fingerprint density at radius 2 is 1.91 bits per heavy atom. The lowest BCUT2D eigenvalue weighted by molar-refractivity contribution is 0.0727. The van der Waals surface area contributed by atoms with Gasteiger partial charge in [-0.05, 0) is 36.1 Å². The minimum Gasteiger partial charge on any atom is -0.491 e. The number of aromatic nitrogens is 2. The maximum atomic E-state index is 13.0. The second kappa shape index (κ2) is 10.9. The van der Waals surface area contributed by atoms with E-state index < -0.39 is 0 Å². The van der Waals surface area contributed by atoms with E-state index in [-0.39, 0.29) is 5.91 Å². The quantitative estimate of drug-likeness (QED) is 0.484. The first kappa shape index (κ1) is 23.3. The number of nitrogens with zero attached hydrogens (tertiary/aromatic N) is 5. The fourth-order valence-electron chi connectivity index (χ4n) is 4.42. The SMILES string of the molecule is CSc1nc(C(=O)N2CCOc3ccc(CN4CCN(Cc5ccccn5)CC4)cc3C2)cs1. The van der Waals surface area contributed by atoms with Gasteiger partial charge in [-0.15, -0.1) is 11.3 Å². The molecule has 1 amide bonds. The molecule has 3 aromatic rings. The molecule has 9 heteroatoms. The van der Waals surface area contributed by atoms with Gasteiger partial charge in [-0.25, -0.2) is 4.98 Å². The third-order valence-corrected chi connectivity index (χ3v) is 8.12. The monoisotopic (exact) mass is 495 g/mol. The zero-order chi connectivity index (χ0) is 23.3. The second-order valence-corrected chi connectivity index (χ2v) is 10.5. The van der Waals surface area contributed by atoms with E-state index in [2.05, 4.69) is 44.0 Å². The molecule has 4 heterocycles. The van der Waals surface area contributed by atoms with Crippen molar-refractivity contribution in [2.24, 2.45) is 0 Å². The van der Waals surface area contributed by atoms with E-state index in [1.165, 1.54) is 16.9 Å². The van der Waals surface area contributed by atoms with Crippen molar-refractivity contribution in [2.45, 2.75) is 24.0 Å². The summed E-state index contributed by atoms with van der Waals surface area (Å²) in [7, 11) is 0. The number of hydrogen-bond donors (Lipinski definition) is 0. The Labute approximate surface area is 208 Å². The Hall–Kier alpha value is -2.46. The number of rotatable bonds is 6. The van der Waals surface area contributed by atoms with E-state index in [1.807, 2.05) is 34.9 Å². The molecule has 34 heavy (non-hydrogen) atoms. The summed E-state index contributed by atoms with van der Waals surface area (Å²) in [6.07, 6.45) is 3.84. The number of hydrogen-bond acceptors (Lipinski definition) is 8. The summed E-state index contributed by atoms with van der Waals surface area (Å²) < 4.78 is 6.88. The van der Waals surface area contributed by atoms with Crippen LogP contribution >= 0.6 is 23.1 Å². The number of carbonyl (C=O) groups is 1. The Morgan fingerprint density at radius 1 is 1.09 bits per heavy atom. The largest absolute Gasteiger partial charge is 0.491 e. The van der Waals surface area contributed by atoms with Gasteiger partial charge in [0, 0.05) is 63.0 Å². The van der Waals surface area contributed by atoms with Crippen LogP contribution in [0.3, 0.4) is 0 Å². The number of piperazine rings is 1. The smallest absolute Gasteiger partial charge is 0.273 e. The van der Waals surface area contributed by atoms with Crippen LogP contribution in [0.5, 0.6) is 5.75 Å². The van der Waals surface area contributed by atoms with Gasteiger partial charge in [0.2, 0.25) is 0 Å². The van der Waals surface area contributed by atoms with Crippen LogP contribution in [0.25, 0.3) is 0 Å². The zero-order valence-corrected chi connectivity index (χ0v) is 21.0. The van der Waals surface area contributed by atoms with Crippen molar-refractivity contribution < 1.29 is 9.53 Å². The van der Waals surface area contributed by atoms with Gasteiger partial charge in [0.05, 0.1) is 12.2 Å². The van der Waals surface area contributed by atoms with Crippen LogP contribution in [0.1, 0.15) is 27.3 Å². The van der Waals surface area contributed by atoms with Crippen molar-refractivity contribution in [2.75, 3.05) is 45.6 Å². The third kappa shape index (κ3) is 5.60. The maximum absolute atomic E-state index is 13.0. The normalized spacial score (nSPS) is 17.1. The van der Waals surface area contributed by atoms with E-state index in [4.69, 9.17) is 4.74 Å². The average molecular weight is 496 g/mol. The number of amides is 1. The topological polar surface area (TPSA) is 61.8 Å². The average Bonchev–Trinajstić information content (AvgIpc) is 3.25. The molecule has 0 atom stereocenters. The molecular weight excluding hydrogens is 466 g/mol. The summed E-state index contributed by atoms with van der Waals surface area (Å²) in [5.74, 6) is 0.852. The first-order valence-electron chi connectivity index (χ1n) is 11.6. The fourth-order valence-corrected chi connectivity index (χ4v) is 5.65. The summed E-state index contributed by atoms with van der Waals surface area (Å²) in [5.41, 5.74) is 3.98. The molecule has 0 unspecified atom stereocenters. The van der Waals surface area contributed by atoms with E-state index in [9.17, 15) is 4.79 Å². The van der Waals surface area contributed by atoms with Crippen LogP contribution in [0.15, 0.2) is 52.3 Å². The van der Waals surface area contributed by atoms with Crippen LogP contribution in [-0.4, -0.2) is 76.2 Å². The third-order valence-electron chi connectivity index (χ3n) is 6.25. The summed E-state index contributed by atoms with van der Waals surface area (Å²) in [4.78, 5) is 28.8. The molecule has 0 bridgehead atoms. The van der Waals surface area contributed by atoms with Crippen molar-refractivity contribution in [3.63, 3.8) is 0 Å². The van der Waals surface area contributed by atoms with Gasteiger partial charge in [0.1, 0.15) is 22.4 Å². The highest BCUT2D eigenvalue weighted by Gasteiger charge is 2.24. The van der Waals surface area contributed by atoms with Gasteiger partial charge in [0.25, 0.3) is 5.91 Å². The molecule has 7 nitrogen and oxygen atoms in total. The highest BCUT2D eigenvalue weighted by atomic mass is 32.2. The minimum absolute atomic E-state index is 0.0255. The highest BCUT2D eigenvalue weighted by Crippen LogP contribution is 2.27. The van der Waals surface area contributed by atoms with Gasteiger partial charge in [-0.1, -0.05) is 23.9 Å². The molecule has 1 aromatic carbocycles. The second-order valence-electron chi connectivity index (χ2n) is 8.59. The summed E-state index contributed by atoms with van der Waals surface area (Å²) in [6.45, 7) is 7.57. The molecule has 0 saturated carbocycles. The molecule has 178 valence electrons. The van der Waals surface area contributed by atoms with Crippen LogP contribution in [-0.2, 0) is 19.6 Å². The molecule has 0 aliphatic carbocycles. The predicted octanol–water partition coefficient (Wildman–Crippen LogP) is 3.61. The van der Waals surface area contributed by atoms with Gasteiger partial charge >= 0.3 is 0 Å². The Bertz CT molecular complexity index is 1120. The number of benzene rings is 1. The standard InChI is InChI=1S/C25H29N5O2S2/c1-33-25-27-22(18-34-25)24(31)30-12-13-32-23-6-5-19(14-20(23)16-30)15-28-8-10-29(11-9-28)17-21-4-2-3-7-26-21/h2-7,14,18H,8-13,15-17H2,1H3. The van der Waals surface area contributed by atoms with Crippen molar-refractivity contribution in [1.29, 1.82) is 0 Å². The molecule has 5 rings (SSSR count). The van der Waals surface area contributed by atoms with E-state index in [0.717, 1.165) is 60.6 Å². The Morgan fingerprint density at radius 3 is 2.65 bits per heavy atom. The minimum atomic E-state index is -0.0255. The Kier molecular flexibility index (Phi) is 7.44. The molecule has 0 spiro atoms. The summed E-state index contributed by atoms with van der Waals surface area (Å²) >= 11 is 3.08. The lowest BCUT2D eigenvalue weighted by Crippen LogP contribution is -2.45. The Balaban J connectivity index is 1.20. The first-order valence-corrected chi connectivity index (χ1v) is 13.7. The van der Waals surface area contributed by atoms with Gasteiger partial charge in [0.15, 0.2) is 0 Å². The summed E-state index contributed by atoms with van der Waals surface area (Å²) in [6, 6.07) is 12.5. The molecular formula is C25H29N5O2S2. The van der Waals surface area contributed by atoms with Crippen LogP contribution in [0, 0.1) is 0 Å². The van der Waals surface area contributed by atoms with Gasteiger partial charge in [-0.3, -0.25) is 19.6 Å². The molecule has 0 N–H and O–H groups in total. The van der Waals surface area contributed by atoms with Crippen molar-refractivity contribution in [3.8, 4) is 5.75 Å². The number of carbonyl (C=O) groups excluding carboxylic acids is 1. The number of ether oxygens (including phenoxy) is 1. The molecule has 2 aliphatic heterocycles. The molecule has 0 radical (unpaired) electrons. The molecule has 1 saturated heterocycles. The number of thiazole rings is 1. The zero-order valence-electron chi connectivity index (χ0n) is 19.4. The van der Waals surface area contributed by atoms with Crippen LogP contribution in [0.4, 0.5) is 0 Å². The summed E-state index contributed by atoms with van der Waals surface area (Å²) in [5, 5.41) is 1.85. The number of fused-ring (bicyclic) bond motifs is 1. The van der Waals surface area contributed by atoms with Gasteiger partial charge in [-0.2, -0.15) is 0 Å². The van der Waals surface area contributed by atoms with Crippen molar-refractivity contribution >= 4 is 29.0 Å². The molecule has 2 aliphatic rings. The lowest BCUT2D eigenvalue weighted by atomic mass is 10.1.